The van der Waals surface area contributed by atoms with E-state index in [9.17, 15) is 5.11 Å². The first-order valence-electron chi connectivity index (χ1n) is 3.59. The van der Waals surface area contributed by atoms with E-state index in [4.69, 9.17) is 16.6 Å². The molecule has 4 heteroatoms. The van der Waals surface area contributed by atoms with Gasteiger partial charge in [0, 0.05) is 0 Å². The second-order valence-corrected chi connectivity index (χ2v) is 2.59. The van der Waals surface area contributed by atoms with E-state index in [2.05, 4.69) is 0 Å². The Hall–Kier alpha value is -1.26. The highest BCUT2D eigenvalue weighted by Crippen LogP contribution is 2.20. The van der Waals surface area contributed by atoms with E-state index in [0.717, 1.165) is 0 Å². The molecule has 0 radical (unpaired) electrons. The average Bonchev–Trinajstić information content (AvgIpc) is 2.08. The molecular formula is C8H12N2O2. The summed E-state index contributed by atoms with van der Waals surface area (Å²) in [6.07, 6.45) is -0.882. The summed E-state index contributed by atoms with van der Waals surface area (Å²) in [7, 11) is 0. The van der Waals surface area contributed by atoms with Crippen LogP contribution in [0.1, 0.15) is 11.7 Å². The summed E-state index contributed by atoms with van der Waals surface area (Å²) in [6.45, 7) is -0.316. The Bertz CT molecular complexity index is 276. The first-order valence-corrected chi connectivity index (χ1v) is 3.59. The molecule has 1 rings (SSSR count). The van der Waals surface area contributed by atoms with Crippen LogP contribution in [-0.2, 0) is 0 Å². The molecule has 66 valence electrons. The fourth-order valence-electron chi connectivity index (χ4n) is 0.906. The Morgan fingerprint density at radius 1 is 1.25 bits per heavy atom. The van der Waals surface area contributed by atoms with Gasteiger partial charge in [-0.3, -0.25) is 0 Å². The maximum atomic E-state index is 9.20. The lowest BCUT2D eigenvalue weighted by atomic mass is 10.1. The summed E-state index contributed by atoms with van der Waals surface area (Å²) >= 11 is 0. The highest BCUT2D eigenvalue weighted by atomic mass is 16.3. The molecule has 0 aliphatic heterocycles. The molecule has 6 N–H and O–H groups in total. The Kier molecular flexibility index (Phi) is 2.52. The highest BCUT2D eigenvalue weighted by Gasteiger charge is 2.06. The molecule has 12 heavy (non-hydrogen) atoms. The topological polar surface area (TPSA) is 92.5 Å². The standard InChI is InChI=1S/C8H12N2O2/c9-6-2-1-5(3-7(6)10)8(12)4-11/h1-3,8,11-12H,4,9-10H2. The summed E-state index contributed by atoms with van der Waals surface area (Å²) in [5.41, 5.74) is 12.4. The molecule has 0 fully saturated rings. The molecule has 0 heterocycles. The van der Waals surface area contributed by atoms with Crippen LogP contribution in [-0.4, -0.2) is 16.8 Å². The first-order chi connectivity index (χ1) is 5.65. The highest BCUT2D eigenvalue weighted by molar-refractivity contribution is 5.64. The summed E-state index contributed by atoms with van der Waals surface area (Å²) in [5.74, 6) is 0. The van der Waals surface area contributed by atoms with Gasteiger partial charge in [-0.25, -0.2) is 0 Å². The molecule has 0 aromatic heterocycles. The van der Waals surface area contributed by atoms with Crippen molar-refractivity contribution in [1.29, 1.82) is 0 Å². The third-order valence-corrected chi connectivity index (χ3v) is 1.67. The average molecular weight is 168 g/mol. The van der Waals surface area contributed by atoms with Gasteiger partial charge in [0.2, 0.25) is 0 Å². The van der Waals surface area contributed by atoms with Crippen molar-refractivity contribution in [3.05, 3.63) is 23.8 Å². The molecule has 4 nitrogen and oxygen atoms in total. The summed E-state index contributed by atoms with van der Waals surface area (Å²) < 4.78 is 0. The van der Waals surface area contributed by atoms with Gasteiger partial charge in [0.15, 0.2) is 0 Å². The van der Waals surface area contributed by atoms with Gasteiger partial charge in [-0.1, -0.05) is 6.07 Å². The summed E-state index contributed by atoms with van der Waals surface area (Å²) in [5, 5.41) is 17.8. The zero-order chi connectivity index (χ0) is 9.14. The van der Waals surface area contributed by atoms with Crippen molar-refractivity contribution < 1.29 is 10.2 Å². The molecule has 0 spiro atoms. The van der Waals surface area contributed by atoms with Gasteiger partial charge in [0.05, 0.1) is 18.0 Å². The third-order valence-electron chi connectivity index (χ3n) is 1.67. The molecule has 1 aromatic rings. The van der Waals surface area contributed by atoms with E-state index in [1.165, 1.54) is 0 Å². The van der Waals surface area contributed by atoms with Crippen molar-refractivity contribution >= 4 is 11.4 Å². The number of anilines is 2. The van der Waals surface area contributed by atoms with Gasteiger partial charge in [-0.05, 0) is 17.7 Å². The molecule has 1 aromatic carbocycles. The van der Waals surface area contributed by atoms with E-state index in [0.29, 0.717) is 16.9 Å². The molecule has 1 atom stereocenters. The van der Waals surface area contributed by atoms with Crippen LogP contribution in [0, 0.1) is 0 Å². The lowest BCUT2D eigenvalue weighted by Gasteiger charge is -2.08. The number of nitrogen functional groups attached to an aromatic ring is 2. The quantitative estimate of drug-likeness (QED) is 0.463. The van der Waals surface area contributed by atoms with Gasteiger partial charge in [0.1, 0.15) is 6.10 Å². The van der Waals surface area contributed by atoms with Crippen LogP contribution in [0.15, 0.2) is 18.2 Å². The van der Waals surface area contributed by atoms with E-state index in [1.807, 2.05) is 0 Å². The van der Waals surface area contributed by atoms with Crippen LogP contribution in [0.4, 0.5) is 11.4 Å². The van der Waals surface area contributed by atoms with E-state index >= 15 is 0 Å². The van der Waals surface area contributed by atoms with Crippen LogP contribution in [0.2, 0.25) is 0 Å². The van der Waals surface area contributed by atoms with Crippen molar-refractivity contribution in [3.8, 4) is 0 Å². The normalized spacial score (nSPS) is 12.8. The Morgan fingerprint density at radius 2 is 1.92 bits per heavy atom. The second-order valence-electron chi connectivity index (χ2n) is 2.59. The van der Waals surface area contributed by atoms with Crippen LogP contribution in [0.5, 0.6) is 0 Å². The van der Waals surface area contributed by atoms with Crippen molar-refractivity contribution in [2.24, 2.45) is 0 Å². The van der Waals surface area contributed by atoms with E-state index in [-0.39, 0.29) is 6.61 Å². The predicted molar refractivity (Wildman–Crippen MR) is 47.3 cm³/mol. The Labute approximate surface area is 70.4 Å². The van der Waals surface area contributed by atoms with Crippen LogP contribution in [0.3, 0.4) is 0 Å². The lowest BCUT2D eigenvalue weighted by molar-refractivity contribution is 0.0957. The SMILES string of the molecule is Nc1ccc(C(O)CO)cc1N. The smallest absolute Gasteiger partial charge is 0.102 e. The lowest BCUT2D eigenvalue weighted by Crippen LogP contribution is -2.04. The van der Waals surface area contributed by atoms with E-state index < -0.39 is 6.10 Å². The molecular weight excluding hydrogens is 156 g/mol. The molecule has 0 amide bonds. The van der Waals surface area contributed by atoms with Gasteiger partial charge in [-0.2, -0.15) is 0 Å². The van der Waals surface area contributed by atoms with Gasteiger partial charge in [0.25, 0.3) is 0 Å². The zero-order valence-electron chi connectivity index (χ0n) is 6.57. The summed E-state index contributed by atoms with van der Waals surface area (Å²) in [4.78, 5) is 0. The van der Waals surface area contributed by atoms with Crippen molar-refractivity contribution in [1.82, 2.24) is 0 Å². The van der Waals surface area contributed by atoms with Gasteiger partial charge in [-0.15, -0.1) is 0 Å². The molecule has 0 saturated carbocycles. The minimum absolute atomic E-state index is 0.316. The Morgan fingerprint density at radius 3 is 2.42 bits per heavy atom. The molecule has 0 saturated heterocycles. The third kappa shape index (κ3) is 1.66. The number of nitrogens with two attached hydrogens (primary N) is 2. The number of aliphatic hydroxyl groups is 2. The number of benzene rings is 1. The largest absolute Gasteiger partial charge is 0.397 e. The number of rotatable bonds is 2. The molecule has 0 bridgehead atoms. The molecule has 0 aliphatic rings. The summed E-state index contributed by atoms with van der Waals surface area (Å²) in [6, 6.07) is 4.78. The Balaban J connectivity index is 2.96. The predicted octanol–water partition coefficient (Wildman–Crippen LogP) is -0.123. The van der Waals surface area contributed by atoms with E-state index in [1.54, 1.807) is 18.2 Å². The molecule has 0 aliphatic carbocycles. The maximum absolute atomic E-state index is 9.20. The molecule has 1 unspecified atom stereocenters. The first kappa shape index (κ1) is 8.83. The van der Waals surface area contributed by atoms with Crippen molar-refractivity contribution in [2.75, 3.05) is 18.1 Å². The van der Waals surface area contributed by atoms with Crippen LogP contribution >= 0.6 is 0 Å². The minimum atomic E-state index is -0.882. The number of hydrogen-bond acceptors (Lipinski definition) is 4. The van der Waals surface area contributed by atoms with Crippen LogP contribution in [0.25, 0.3) is 0 Å². The monoisotopic (exact) mass is 168 g/mol. The zero-order valence-corrected chi connectivity index (χ0v) is 6.57. The number of hydrogen-bond donors (Lipinski definition) is 4. The van der Waals surface area contributed by atoms with Crippen molar-refractivity contribution in [3.63, 3.8) is 0 Å². The maximum Gasteiger partial charge on any atom is 0.102 e. The van der Waals surface area contributed by atoms with Gasteiger partial charge >= 0.3 is 0 Å². The fraction of sp³-hybridized carbons (Fsp3) is 0.250. The van der Waals surface area contributed by atoms with Crippen molar-refractivity contribution in [2.45, 2.75) is 6.10 Å². The van der Waals surface area contributed by atoms with Crippen LogP contribution < -0.4 is 11.5 Å². The van der Waals surface area contributed by atoms with Gasteiger partial charge < -0.3 is 21.7 Å². The fourth-order valence-corrected chi connectivity index (χ4v) is 0.906. The second kappa shape index (κ2) is 3.42. The minimum Gasteiger partial charge on any atom is -0.397 e. The number of aliphatic hydroxyl groups excluding tert-OH is 2.